The SMILES string of the molecule is O=C(CI)N1CC[N]([Al])CC1. The Morgan fingerprint density at radius 3 is 2.36 bits per heavy atom. The Kier molecular flexibility index (Phi) is 4.14. The summed E-state index contributed by atoms with van der Waals surface area (Å²) in [5.41, 5.74) is 0. The first-order chi connectivity index (χ1) is 5.24. The minimum atomic E-state index is 0.267. The summed E-state index contributed by atoms with van der Waals surface area (Å²) in [6.45, 7) is 3.72. The quantitative estimate of drug-likeness (QED) is 0.372. The maximum absolute atomic E-state index is 11.2. The van der Waals surface area contributed by atoms with Gasteiger partial charge >= 0.3 is 0 Å². The molecule has 3 nitrogen and oxygen atoms in total. The summed E-state index contributed by atoms with van der Waals surface area (Å²) in [7, 11) is 0. The summed E-state index contributed by atoms with van der Waals surface area (Å²) in [6, 6.07) is 0. The molecule has 1 fully saturated rings. The zero-order valence-corrected chi connectivity index (χ0v) is 9.61. The van der Waals surface area contributed by atoms with Crippen molar-refractivity contribution in [2.45, 2.75) is 0 Å². The summed E-state index contributed by atoms with van der Waals surface area (Å²) >= 11 is 4.77. The molecule has 0 aliphatic carbocycles. The van der Waals surface area contributed by atoms with Gasteiger partial charge in [-0.3, -0.25) is 4.79 Å². The van der Waals surface area contributed by atoms with E-state index in [1.165, 1.54) is 0 Å². The van der Waals surface area contributed by atoms with Crippen molar-refractivity contribution in [1.29, 1.82) is 0 Å². The second-order valence-electron chi connectivity index (χ2n) is 2.55. The highest BCUT2D eigenvalue weighted by Gasteiger charge is 2.16. The molecule has 0 aromatic carbocycles. The minimum absolute atomic E-state index is 0.267. The molecule has 0 spiro atoms. The van der Waals surface area contributed by atoms with Crippen LogP contribution in [0.1, 0.15) is 0 Å². The average Bonchev–Trinajstić information content (AvgIpc) is 2.05. The van der Waals surface area contributed by atoms with E-state index in [2.05, 4.69) is 43.0 Å². The van der Waals surface area contributed by atoms with Gasteiger partial charge in [0.15, 0.2) is 0 Å². The van der Waals surface area contributed by atoms with Gasteiger partial charge < -0.3 is 8.78 Å². The Morgan fingerprint density at radius 1 is 1.36 bits per heavy atom. The van der Waals surface area contributed by atoms with Crippen molar-refractivity contribution in [1.82, 2.24) is 8.78 Å². The van der Waals surface area contributed by atoms with Gasteiger partial charge in [-0.15, -0.1) is 0 Å². The number of amides is 1. The number of hydrogen-bond donors (Lipinski definition) is 0. The molecule has 0 aromatic heterocycles. The van der Waals surface area contributed by atoms with Gasteiger partial charge in [-0.1, -0.05) is 22.6 Å². The van der Waals surface area contributed by atoms with Crippen LogP contribution in [0.3, 0.4) is 0 Å². The van der Waals surface area contributed by atoms with Crippen LogP contribution in [0.2, 0.25) is 0 Å². The van der Waals surface area contributed by atoms with Gasteiger partial charge in [-0.05, 0) is 13.1 Å². The van der Waals surface area contributed by atoms with Gasteiger partial charge in [-0.25, -0.2) is 0 Å². The summed E-state index contributed by atoms with van der Waals surface area (Å²) in [6.07, 6.45) is 0. The third kappa shape index (κ3) is 2.90. The molecule has 0 saturated carbocycles. The third-order valence-electron chi connectivity index (χ3n) is 1.78. The van der Waals surface area contributed by atoms with Crippen molar-refractivity contribution in [3.8, 4) is 0 Å². The highest BCUT2D eigenvalue weighted by molar-refractivity contribution is 14.1. The van der Waals surface area contributed by atoms with E-state index in [9.17, 15) is 4.79 Å². The molecule has 1 aliphatic heterocycles. The van der Waals surface area contributed by atoms with Gasteiger partial charge in [0.1, 0.15) is 0 Å². The number of carbonyl (C=O) groups excluding carboxylic acids is 1. The minimum Gasteiger partial charge on any atom is -0.400 e. The smallest absolute Gasteiger partial charge is 0.256 e. The molecule has 1 saturated heterocycles. The first kappa shape index (κ1) is 9.78. The van der Waals surface area contributed by atoms with Crippen LogP contribution >= 0.6 is 22.6 Å². The maximum atomic E-state index is 11.2. The van der Waals surface area contributed by atoms with E-state index >= 15 is 0 Å². The molecule has 5 heteroatoms. The molecule has 0 N–H and O–H groups in total. The second kappa shape index (κ2) is 4.65. The molecular formula is C6H10AlIN2O. The van der Waals surface area contributed by atoms with Crippen LogP contribution in [-0.4, -0.2) is 61.8 Å². The van der Waals surface area contributed by atoms with Crippen LogP contribution in [-0.2, 0) is 4.79 Å². The van der Waals surface area contributed by atoms with E-state index < -0.39 is 0 Å². The van der Waals surface area contributed by atoms with Gasteiger partial charge in [0, 0.05) is 13.1 Å². The molecular weight excluding hydrogens is 270 g/mol. The fraction of sp³-hybridized carbons (Fsp3) is 0.833. The Hall–Kier alpha value is 0.692. The lowest BCUT2D eigenvalue weighted by Crippen LogP contribution is -2.48. The number of halogens is 1. The Bertz CT molecular complexity index is 148. The second-order valence-corrected chi connectivity index (χ2v) is 4.04. The zero-order chi connectivity index (χ0) is 8.27. The summed E-state index contributed by atoms with van der Waals surface area (Å²) in [4.78, 5) is 13.1. The Morgan fingerprint density at radius 2 is 1.91 bits per heavy atom. The fourth-order valence-electron chi connectivity index (χ4n) is 1.06. The number of nitrogens with zero attached hydrogens (tertiary/aromatic N) is 2. The number of alkyl halides is 1. The molecule has 1 aliphatic rings. The van der Waals surface area contributed by atoms with Crippen molar-refractivity contribution >= 4 is 45.0 Å². The molecule has 1 rings (SSSR count). The van der Waals surface area contributed by atoms with E-state index in [4.69, 9.17) is 0 Å². The standard InChI is InChI=1S/C6H10IN2O.Al/c7-5-6(10)9-3-1-8-2-4-9;/h1-5H2;/q-1;+1. The van der Waals surface area contributed by atoms with Gasteiger partial charge in [-0.2, -0.15) is 0 Å². The number of carbonyl (C=O) groups is 1. The molecule has 0 unspecified atom stereocenters. The zero-order valence-electron chi connectivity index (χ0n) is 6.29. The fourth-order valence-corrected chi connectivity index (χ4v) is 1.77. The van der Waals surface area contributed by atoms with Crippen molar-refractivity contribution in [2.75, 3.05) is 30.6 Å². The third-order valence-corrected chi connectivity index (χ3v) is 2.95. The monoisotopic (exact) mass is 280 g/mol. The van der Waals surface area contributed by atoms with E-state index in [-0.39, 0.29) is 5.91 Å². The van der Waals surface area contributed by atoms with Crippen LogP contribution in [0, 0.1) is 0 Å². The molecule has 0 bridgehead atoms. The Labute approximate surface area is 88.9 Å². The lowest BCUT2D eigenvalue weighted by Gasteiger charge is -2.33. The predicted molar refractivity (Wildman–Crippen MR) is 52.8 cm³/mol. The average molecular weight is 280 g/mol. The van der Waals surface area contributed by atoms with Gasteiger partial charge in [0.25, 0.3) is 16.5 Å². The first-order valence-corrected chi connectivity index (χ1v) is 5.61. The summed E-state index contributed by atoms with van der Waals surface area (Å²) < 4.78 is 2.77. The van der Waals surface area contributed by atoms with Crippen LogP contribution in [0.5, 0.6) is 0 Å². The maximum Gasteiger partial charge on any atom is 0.256 e. The van der Waals surface area contributed by atoms with Crippen LogP contribution < -0.4 is 0 Å². The molecule has 1 amide bonds. The number of piperazine rings is 1. The van der Waals surface area contributed by atoms with Crippen LogP contribution in [0.25, 0.3) is 0 Å². The topological polar surface area (TPSA) is 23.6 Å². The van der Waals surface area contributed by atoms with Crippen LogP contribution in [0.4, 0.5) is 0 Å². The van der Waals surface area contributed by atoms with Gasteiger partial charge in [0.2, 0.25) is 5.91 Å². The van der Waals surface area contributed by atoms with Crippen molar-refractivity contribution < 1.29 is 4.79 Å². The molecule has 60 valence electrons. The lowest BCUT2D eigenvalue weighted by molar-refractivity contribution is -0.129. The highest BCUT2D eigenvalue weighted by atomic mass is 127. The number of hydrogen-bond acceptors (Lipinski definition) is 2. The van der Waals surface area contributed by atoms with E-state index in [0.717, 1.165) is 26.2 Å². The highest BCUT2D eigenvalue weighted by Crippen LogP contribution is 2.00. The van der Waals surface area contributed by atoms with Crippen molar-refractivity contribution in [2.24, 2.45) is 0 Å². The van der Waals surface area contributed by atoms with Crippen molar-refractivity contribution in [3.05, 3.63) is 0 Å². The van der Waals surface area contributed by atoms with Gasteiger partial charge in [0.05, 0.1) is 4.43 Å². The number of rotatable bonds is 1. The lowest BCUT2D eigenvalue weighted by atomic mass is 10.3. The molecule has 0 atom stereocenters. The normalized spacial score (nSPS) is 20.3. The van der Waals surface area contributed by atoms with Crippen molar-refractivity contribution in [3.63, 3.8) is 0 Å². The predicted octanol–water partition coefficient (Wildman–Crippen LogP) is -0.351. The van der Waals surface area contributed by atoms with E-state index in [1.54, 1.807) is 0 Å². The first-order valence-electron chi connectivity index (χ1n) is 3.57. The van der Waals surface area contributed by atoms with Crippen LogP contribution in [0.15, 0.2) is 0 Å². The van der Waals surface area contributed by atoms with E-state index in [1.807, 2.05) is 4.90 Å². The summed E-state index contributed by atoms with van der Waals surface area (Å²) in [5, 5.41) is 0. The Balaban J connectivity index is 2.33. The largest absolute Gasteiger partial charge is 0.400 e. The molecule has 0 aromatic rings. The molecule has 1 heterocycles. The molecule has 2 radical (unpaired) electrons. The summed E-state index contributed by atoms with van der Waals surface area (Å²) in [5.74, 6) is 0.267. The molecule has 11 heavy (non-hydrogen) atoms. The van der Waals surface area contributed by atoms with E-state index in [0.29, 0.717) is 4.43 Å².